The molecule has 0 amide bonds. The molecule has 0 fully saturated rings. The van der Waals surface area contributed by atoms with Crippen molar-refractivity contribution < 1.29 is 0 Å². The van der Waals surface area contributed by atoms with Crippen molar-refractivity contribution in [3.63, 3.8) is 0 Å². The largest absolute Gasteiger partial charge is 0.357 e. The van der Waals surface area contributed by atoms with E-state index in [1.807, 2.05) is 19.3 Å². The lowest BCUT2D eigenvalue weighted by molar-refractivity contribution is 1.15. The molecular formula is C9H10N4S. The number of hydrogen-bond donors (Lipinski definition) is 2. The molecule has 0 aliphatic rings. The summed E-state index contributed by atoms with van der Waals surface area (Å²) in [5.41, 5.74) is 0.934. The van der Waals surface area contributed by atoms with Gasteiger partial charge in [0.1, 0.15) is 0 Å². The summed E-state index contributed by atoms with van der Waals surface area (Å²) >= 11 is 1.55. The topological polar surface area (TPSA) is 53.6 Å². The molecular weight excluding hydrogens is 196 g/mol. The zero-order valence-corrected chi connectivity index (χ0v) is 8.51. The van der Waals surface area contributed by atoms with E-state index >= 15 is 0 Å². The van der Waals surface area contributed by atoms with Crippen molar-refractivity contribution in [1.29, 1.82) is 0 Å². The highest BCUT2D eigenvalue weighted by molar-refractivity contribution is 7.97. The predicted octanol–water partition coefficient (Wildman–Crippen LogP) is 1.70. The smallest absolute Gasteiger partial charge is 0.175 e. The summed E-state index contributed by atoms with van der Waals surface area (Å²) in [4.78, 5) is 12.5. The molecule has 14 heavy (non-hydrogen) atoms. The van der Waals surface area contributed by atoms with E-state index in [1.165, 1.54) is 0 Å². The minimum absolute atomic E-state index is 0.718. The van der Waals surface area contributed by atoms with Gasteiger partial charge in [-0.2, -0.15) is 0 Å². The Morgan fingerprint density at radius 2 is 2.14 bits per heavy atom. The Bertz CT molecular complexity index is 398. The minimum atomic E-state index is 0.718. The maximum absolute atomic E-state index is 4.15. The van der Waals surface area contributed by atoms with Gasteiger partial charge in [0.15, 0.2) is 5.82 Å². The maximum Gasteiger partial charge on any atom is 0.175 e. The zero-order valence-electron chi connectivity index (χ0n) is 7.69. The van der Waals surface area contributed by atoms with Gasteiger partial charge in [0, 0.05) is 23.5 Å². The van der Waals surface area contributed by atoms with E-state index in [0.29, 0.717) is 0 Å². The van der Waals surface area contributed by atoms with Crippen LogP contribution in [0.4, 0.5) is 0 Å². The molecule has 2 aromatic heterocycles. The third-order valence-electron chi connectivity index (χ3n) is 1.68. The lowest BCUT2D eigenvalue weighted by Gasteiger charge is -1.93. The SMILES string of the molecule is CNSc1c[nH]c(-c2ncccn2)c1. The molecule has 2 rings (SSSR count). The van der Waals surface area contributed by atoms with E-state index in [4.69, 9.17) is 0 Å². The molecule has 0 spiro atoms. The van der Waals surface area contributed by atoms with Crippen LogP contribution in [-0.2, 0) is 0 Å². The number of H-pyrrole nitrogens is 1. The highest BCUT2D eigenvalue weighted by Gasteiger charge is 2.03. The molecule has 0 saturated carbocycles. The summed E-state index contributed by atoms with van der Waals surface area (Å²) < 4.78 is 3.00. The molecule has 0 aromatic carbocycles. The second-order valence-corrected chi connectivity index (χ2v) is 3.71. The second-order valence-electron chi connectivity index (χ2n) is 2.63. The van der Waals surface area contributed by atoms with Gasteiger partial charge in [0.05, 0.1) is 5.69 Å². The number of hydrogen-bond acceptors (Lipinski definition) is 4. The molecule has 0 aliphatic carbocycles. The van der Waals surface area contributed by atoms with Crippen LogP contribution in [-0.4, -0.2) is 22.0 Å². The second kappa shape index (κ2) is 4.26. The van der Waals surface area contributed by atoms with Gasteiger partial charge in [-0.15, -0.1) is 0 Å². The molecule has 0 aliphatic heterocycles. The first kappa shape index (κ1) is 9.23. The van der Waals surface area contributed by atoms with Crippen LogP contribution in [0.25, 0.3) is 11.5 Å². The van der Waals surface area contributed by atoms with Crippen LogP contribution in [0.2, 0.25) is 0 Å². The van der Waals surface area contributed by atoms with Crippen molar-refractivity contribution in [1.82, 2.24) is 19.7 Å². The standard InChI is InChI=1S/C9H10N4S/c1-10-14-7-5-8(13-6-7)9-11-3-2-4-12-9/h2-6,10,13H,1H3. The fourth-order valence-electron chi connectivity index (χ4n) is 1.12. The Kier molecular flexibility index (Phi) is 2.81. The van der Waals surface area contributed by atoms with Gasteiger partial charge in [-0.25, -0.2) is 9.97 Å². The summed E-state index contributed by atoms with van der Waals surface area (Å²) in [5, 5.41) is 0. The summed E-state index contributed by atoms with van der Waals surface area (Å²) in [6.07, 6.45) is 5.38. The van der Waals surface area contributed by atoms with Crippen molar-refractivity contribution in [3.05, 3.63) is 30.7 Å². The summed E-state index contributed by atoms with van der Waals surface area (Å²) in [5.74, 6) is 0.718. The Morgan fingerprint density at radius 1 is 1.36 bits per heavy atom. The average molecular weight is 206 g/mol. The van der Waals surface area contributed by atoms with Gasteiger partial charge in [-0.1, -0.05) is 0 Å². The third-order valence-corrected chi connectivity index (χ3v) is 2.36. The van der Waals surface area contributed by atoms with Crippen LogP contribution in [0.15, 0.2) is 35.6 Å². The third kappa shape index (κ3) is 1.94. The van der Waals surface area contributed by atoms with Gasteiger partial charge in [0.25, 0.3) is 0 Å². The molecule has 0 unspecified atom stereocenters. The Balaban J connectivity index is 2.25. The average Bonchev–Trinajstić information content (AvgIpc) is 2.68. The number of aromatic nitrogens is 3. The molecule has 2 N–H and O–H groups in total. The Hall–Kier alpha value is -1.33. The van der Waals surface area contributed by atoms with E-state index in [9.17, 15) is 0 Å². The molecule has 0 radical (unpaired) electrons. The highest BCUT2D eigenvalue weighted by atomic mass is 32.2. The van der Waals surface area contributed by atoms with Gasteiger partial charge in [0.2, 0.25) is 0 Å². The first-order valence-corrected chi connectivity index (χ1v) is 5.01. The van der Waals surface area contributed by atoms with Crippen LogP contribution in [0, 0.1) is 0 Å². The maximum atomic E-state index is 4.15. The van der Waals surface area contributed by atoms with Crippen molar-refractivity contribution in [2.45, 2.75) is 4.90 Å². The monoisotopic (exact) mass is 206 g/mol. The van der Waals surface area contributed by atoms with Crippen LogP contribution >= 0.6 is 11.9 Å². The van der Waals surface area contributed by atoms with E-state index in [-0.39, 0.29) is 0 Å². The first-order chi connectivity index (χ1) is 6.90. The quantitative estimate of drug-likeness (QED) is 0.750. The molecule has 2 heterocycles. The van der Waals surface area contributed by atoms with Crippen molar-refractivity contribution in [2.24, 2.45) is 0 Å². The predicted molar refractivity (Wildman–Crippen MR) is 56.7 cm³/mol. The zero-order chi connectivity index (χ0) is 9.80. The van der Waals surface area contributed by atoms with Crippen LogP contribution in [0.5, 0.6) is 0 Å². The number of nitrogens with zero attached hydrogens (tertiary/aromatic N) is 2. The molecule has 72 valence electrons. The van der Waals surface area contributed by atoms with Crippen molar-refractivity contribution >= 4 is 11.9 Å². The van der Waals surface area contributed by atoms with Crippen LogP contribution in [0.3, 0.4) is 0 Å². The molecule has 4 nitrogen and oxygen atoms in total. The fraction of sp³-hybridized carbons (Fsp3) is 0.111. The lowest BCUT2D eigenvalue weighted by Crippen LogP contribution is -1.88. The van der Waals surface area contributed by atoms with E-state index < -0.39 is 0 Å². The molecule has 0 bridgehead atoms. The van der Waals surface area contributed by atoms with Gasteiger partial charge in [-0.05, 0) is 31.1 Å². The summed E-state index contributed by atoms with van der Waals surface area (Å²) in [6.45, 7) is 0. The number of nitrogens with one attached hydrogen (secondary N) is 2. The van der Waals surface area contributed by atoms with Crippen LogP contribution in [0.1, 0.15) is 0 Å². The summed E-state index contributed by atoms with van der Waals surface area (Å²) in [7, 11) is 1.89. The van der Waals surface area contributed by atoms with Crippen molar-refractivity contribution in [2.75, 3.05) is 7.05 Å². The Labute approximate surface area is 86.3 Å². The van der Waals surface area contributed by atoms with Gasteiger partial charge in [-0.3, -0.25) is 4.72 Å². The number of rotatable bonds is 3. The normalized spacial score (nSPS) is 10.4. The minimum Gasteiger partial charge on any atom is -0.357 e. The van der Waals surface area contributed by atoms with E-state index in [1.54, 1.807) is 30.4 Å². The molecule has 2 aromatic rings. The van der Waals surface area contributed by atoms with Crippen molar-refractivity contribution in [3.8, 4) is 11.5 Å². The lowest BCUT2D eigenvalue weighted by atomic mass is 10.4. The molecule has 5 heteroatoms. The fourth-order valence-corrected chi connectivity index (χ4v) is 1.65. The van der Waals surface area contributed by atoms with E-state index in [0.717, 1.165) is 16.4 Å². The number of aromatic amines is 1. The van der Waals surface area contributed by atoms with E-state index in [2.05, 4.69) is 19.7 Å². The molecule has 0 atom stereocenters. The van der Waals surface area contributed by atoms with Crippen LogP contribution < -0.4 is 4.72 Å². The first-order valence-electron chi connectivity index (χ1n) is 4.19. The van der Waals surface area contributed by atoms with Gasteiger partial charge < -0.3 is 4.98 Å². The highest BCUT2D eigenvalue weighted by Crippen LogP contribution is 2.20. The molecule has 0 saturated heterocycles. The Morgan fingerprint density at radius 3 is 2.86 bits per heavy atom. The van der Waals surface area contributed by atoms with Gasteiger partial charge >= 0.3 is 0 Å². The summed E-state index contributed by atoms with van der Waals surface area (Å²) in [6, 6.07) is 3.81.